The predicted molar refractivity (Wildman–Crippen MR) is 92.0 cm³/mol. The third-order valence-corrected chi connectivity index (χ3v) is 4.78. The Morgan fingerprint density at radius 2 is 1.78 bits per heavy atom. The summed E-state index contributed by atoms with van der Waals surface area (Å²) in [6.07, 6.45) is 0. The van der Waals surface area contributed by atoms with Crippen LogP contribution in [0.15, 0.2) is 28.8 Å². The minimum absolute atomic E-state index is 0.286. The maximum atomic E-state index is 6.32. The first-order chi connectivity index (χ1) is 11.1. The van der Waals surface area contributed by atoms with Crippen molar-refractivity contribution in [2.24, 2.45) is 0 Å². The van der Waals surface area contributed by atoms with Crippen molar-refractivity contribution in [1.29, 1.82) is 0 Å². The first-order valence-corrected chi connectivity index (χ1v) is 8.51. The smallest absolute Gasteiger partial charge is 0.322 e. The monoisotopic (exact) mass is 334 g/mol. The number of rotatable bonds is 4. The van der Waals surface area contributed by atoms with Crippen molar-refractivity contribution in [2.45, 2.75) is 32.7 Å². The Morgan fingerprint density at radius 3 is 2.39 bits per heavy atom. The van der Waals surface area contributed by atoms with Gasteiger partial charge in [-0.1, -0.05) is 48.8 Å². The van der Waals surface area contributed by atoms with Crippen LogP contribution in [0.4, 0.5) is 6.01 Å². The molecule has 0 amide bonds. The molecule has 1 unspecified atom stereocenters. The standard InChI is InChI=1S/C17H23ClN4O/c1-12(2)16-19-17(23-20-16)22-10-8-21(9-11-22)13(3)14-6-4-5-7-15(14)18/h4-7,12-13H,8-11H2,1-3H3. The van der Waals surface area contributed by atoms with Gasteiger partial charge >= 0.3 is 6.01 Å². The number of halogens is 1. The number of hydrogen-bond acceptors (Lipinski definition) is 5. The van der Waals surface area contributed by atoms with E-state index in [1.54, 1.807) is 0 Å². The van der Waals surface area contributed by atoms with Crippen LogP contribution >= 0.6 is 11.6 Å². The van der Waals surface area contributed by atoms with Crippen LogP contribution in [-0.2, 0) is 0 Å². The summed E-state index contributed by atoms with van der Waals surface area (Å²) in [6.45, 7) is 10.0. The van der Waals surface area contributed by atoms with Gasteiger partial charge in [0.2, 0.25) is 0 Å². The fourth-order valence-electron chi connectivity index (χ4n) is 2.90. The average Bonchev–Trinajstić information content (AvgIpc) is 3.05. The van der Waals surface area contributed by atoms with Crippen LogP contribution in [0.3, 0.4) is 0 Å². The number of nitrogens with zero attached hydrogens (tertiary/aromatic N) is 4. The summed E-state index contributed by atoms with van der Waals surface area (Å²) in [7, 11) is 0. The van der Waals surface area contributed by atoms with Gasteiger partial charge in [0.25, 0.3) is 0 Å². The van der Waals surface area contributed by atoms with Gasteiger partial charge in [0.1, 0.15) is 0 Å². The average molecular weight is 335 g/mol. The van der Waals surface area contributed by atoms with Crippen molar-refractivity contribution < 1.29 is 4.52 Å². The highest BCUT2D eigenvalue weighted by molar-refractivity contribution is 6.31. The minimum atomic E-state index is 0.286. The van der Waals surface area contributed by atoms with E-state index in [2.05, 4.69) is 46.8 Å². The molecule has 0 aliphatic carbocycles. The van der Waals surface area contributed by atoms with Crippen LogP contribution < -0.4 is 4.90 Å². The quantitative estimate of drug-likeness (QED) is 0.852. The molecule has 1 aliphatic heterocycles. The van der Waals surface area contributed by atoms with E-state index < -0.39 is 0 Å². The Hall–Kier alpha value is -1.59. The number of aromatic nitrogens is 2. The predicted octanol–water partition coefficient (Wildman–Crippen LogP) is 3.73. The van der Waals surface area contributed by atoms with E-state index in [0.29, 0.717) is 12.1 Å². The van der Waals surface area contributed by atoms with Gasteiger partial charge in [-0.05, 0) is 18.6 Å². The number of piperazine rings is 1. The number of benzene rings is 1. The van der Waals surface area contributed by atoms with Crippen molar-refractivity contribution in [2.75, 3.05) is 31.1 Å². The summed E-state index contributed by atoms with van der Waals surface area (Å²) in [4.78, 5) is 9.09. The van der Waals surface area contributed by atoms with Gasteiger partial charge in [0.15, 0.2) is 5.82 Å². The van der Waals surface area contributed by atoms with Crippen molar-refractivity contribution in [3.05, 3.63) is 40.7 Å². The molecule has 124 valence electrons. The van der Waals surface area contributed by atoms with Gasteiger partial charge in [0.05, 0.1) is 0 Å². The van der Waals surface area contributed by atoms with E-state index in [1.807, 2.05) is 18.2 Å². The molecular weight excluding hydrogens is 312 g/mol. The second-order valence-electron chi connectivity index (χ2n) is 6.31. The van der Waals surface area contributed by atoms with Gasteiger partial charge in [-0.3, -0.25) is 4.90 Å². The molecule has 0 N–H and O–H groups in total. The fourth-order valence-corrected chi connectivity index (χ4v) is 3.19. The molecule has 2 aromatic rings. The minimum Gasteiger partial charge on any atom is -0.322 e. The zero-order valence-corrected chi connectivity index (χ0v) is 14.6. The lowest BCUT2D eigenvalue weighted by molar-refractivity contribution is 0.194. The highest BCUT2D eigenvalue weighted by Gasteiger charge is 2.26. The van der Waals surface area contributed by atoms with E-state index in [4.69, 9.17) is 16.1 Å². The molecule has 0 bridgehead atoms. The molecule has 1 atom stereocenters. The zero-order valence-electron chi connectivity index (χ0n) is 13.9. The Kier molecular flexibility index (Phi) is 4.87. The largest absolute Gasteiger partial charge is 0.324 e. The molecular formula is C17H23ClN4O. The van der Waals surface area contributed by atoms with Crippen molar-refractivity contribution >= 4 is 17.6 Å². The second-order valence-corrected chi connectivity index (χ2v) is 6.72. The summed E-state index contributed by atoms with van der Waals surface area (Å²) < 4.78 is 5.39. The summed E-state index contributed by atoms with van der Waals surface area (Å²) in [6, 6.07) is 9.01. The first kappa shape index (κ1) is 16.3. The fraction of sp³-hybridized carbons (Fsp3) is 0.529. The summed E-state index contributed by atoms with van der Waals surface area (Å²) in [5.41, 5.74) is 1.18. The van der Waals surface area contributed by atoms with E-state index in [1.165, 1.54) is 5.56 Å². The molecule has 0 saturated carbocycles. The highest BCUT2D eigenvalue weighted by atomic mass is 35.5. The van der Waals surface area contributed by atoms with E-state index in [-0.39, 0.29) is 5.92 Å². The van der Waals surface area contributed by atoms with E-state index in [0.717, 1.165) is 37.0 Å². The van der Waals surface area contributed by atoms with Crippen LogP contribution in [-0.4, -0.2) is 41.2 Å². The van der Waals surface area contributed by atoms with Crippen LogP contribution in [0.2, 0.25) is 5.02 Å². The van der Waals surface area contributed by atoms with Crippen LogP contribution in [0.5, 0.6) is 0 Å². The molecule has 1 aliphatic rings. The highest BCUT2D eigenvalue weighted by Crippen LogP contribution is 2.28. The van der Waals surface area contributed by atoms with Crippen molar-refractivity contribution in [3.8, 4) is 0 Å². The van der Waals surface area contributed by atoms with Crippen LogP contribution in [0, 0.1) is 0 Å². The van der Waals surface area contributed by atoms with E-state index in [9.17, 15) is 0 Å². The molecule has 1 saturated heterocycles. The van der Waals surface area contributed by atoms with Gasteiger partial charge in [-0.25, -0.2) is 0 Å². The maximum absolute atomic E-state index is 6.32. The molecule has 6 heteroatoms. The first-order valence-electron chi connectivity index (χ1n) is 8.13. The third-order valence-electron chi connectivity index (χ3n) is 4.44. The molecule has 3 rings (SSSR count). The molecule has 1 fully saturated rings. The lowest BCUT2D eigenvalue weighted by Crippen LogP contribution is -2.47. The molecule has 23 heavy (non-hydrogen) atoms. The Labute approximate surface area is 142 Å². The third kappa shape index (κ3) is 3.51. The molecule has 5 nitrogen and oxygen atoms in total. The Morgan fingerprint density at radius 1 is 1.09 bits per heavy atom. The molecule has 0 spiro atoms. The molecule has 2 heterocycles. The van der Waals surface area contributed by atoms with Crippen LogP contribution in [0.25, 0.3) is 0 Å². The van der Waals surface area contributed by atoms with Crippen molar-refractivity contribution in [3.63, 3.8) is 0 Å². The lowest BCUT2D eigenvalue weighted by atomic mass is 10.1. The molecule has 1 aromatic heterocycles. The number of hydrogen-bond donors (Lipinski definition) is 0. The lowest BCUT2D eigenvalue weighted by Gasteiger charge is -2.37. The second kappa shape index (κ2) is 6.89. The topological polar surface area (TPSA) is 45.4 Å². The Bertz CT molecular complexity index is 650. The summed E-state index contributed by atoms with van der Waals surface area (Å²) in [5.74, 6) is 1.06. The summed E-state index contributed by atoms with van der Waals surface area (Å²) in [5, 5.41) is 4.88. The summed E-state index contributed by atoms with van der Waals surface area (Å²) >= 11 is 6.32. The zero-order chi connectivity index (χ0) is 16.4. The SMILES string of the molecule is CC(C)c1noc(N2CCN(C(C)c3ccccc3Cl)CC2)n1. The van der Waals surface area contributed by atoms with Gasteiger partial charge < -0.3 is 9.42 Å². The maximum Gasteiger partial charge on any atom is 0.324 e. The van der Waals surface area contributed by atoms with Crippen molar-refractivity contribution in [1.82, 2.24) is 15.0 Å². The van der Waals surface area contributed by atoms with Gasteiger partial charge in [-0.15, -0.1) is 0 Å². The molecule has 1 aromatic carbocycles. The molecule has 0 radical (unpaired) electrons. The number of anilines is 1. The van der Waals surface area contributed by atoms with E-state index >= 15 is 0 Å². The van der Waals surface area contributed by atoms with Crippen LogP contribution in [0.1, 0.15) is 44.1 Å². The van der Waals surface area contributed by atoms with Gasteiger partial charge in [0, 0.05) is 43.2 Å². The van der Waals surface area contributed by atoms with Gasteiger partial charge in [-0.2, -0.15) is 4.98 Å². The normalized spacial score (nSPS) is 17.7. The Balaban J connectivity index is 1.63.